The lowest BCUT2D eigenvalue weighted by Crippen LogP contribution is -2.43. The fourth-order valence-corrected chi connectivity index (χ4v) is 1.43. The molecule has 0 saturated heterocycles. The van der Waals surface area contributed by atoms with Crippen LogP contribution >= 0.6 is 15.9 Å². The Kier molecular flexibility index (Phi) is 4.49. The molecule has 86 valence electrons. The Labute approximate surface area is 103 Å². The summed E-state index contributed by atoms with van der Waals surface area (Å²) in [5.41, 5.74) is 0.527. The maximum atomic E-state index is 11.7. The van der Waals surface area contributed by atoms with Crippen molar-refractivity contribution in [3.63, 3.8) is 0 Å². The fourth-order valence-electron chi connectivity index (χ4n) is 1.16. The van der Waals surface area contributed by atoms with Gasteiger partial charge in [-0.2, -0.15) is 0 Å². The number of benzene rings is 1. The minimum Gasteiger partial charge on any atom is -0.357 e. The Morgan fingerprint density at radius 2 is 1.81 bits per heavy atom. The first-order valence-electron chi connectivity index (χ1n) is 4.82. The molecule has 2 amide bonds. The molecule has 1 rings (SSSR count). The number of hydrogen-bond acceptors (Lipinski definition) is 2. The van der Waals surface area contributed by atoms with E-state index in [1.807, 2.05) is 0 Å². The van der Waals surface area contributed by atoms with Crippen LogP contribution in [0, 0.1) is 0 Å². The van der Waals surface area contributed by atoms with Crippen LogP contribution in [0.5, 0.6) is 0 Å². The molecule has 0 bridgehead atoms. The second kappa shape index (κ2) is 5.65. The van der Waals surface area contributed by atoms with E-state index < -0.39 is 6.04 Å². The lowest BCUT2D eigenvalue weighted by molar-refractivity contribution is -0.122. The summed E-state index contributed by atoms with van der Waals surface area (Å²) < 4.78 is 0.906. The van der Waals surface area contributed by atoms with Gasteiger partial charge in [0.05, 0.1) is 0 Å². The predicted molar refractivity (Wildman–Crippen MR) is 65.1 cm³/mol. The monoisotopic (exact) mass is 284 g/mol. The molecule has 1 aromatic carbocycles. The average molecular weight is 285 g/mol. The number of nitrogens with one attached hydrogen (secondary N) is 2. The molecule has 0 aliphatic heterocycles. The zero-order valence-electron chi connectivity index (χ0n) is 9.08. The SMILES string of the molecule is CNC(=O)[C@H](C)NC(=O)c1ccc(Br)cc1. The molecule has 0 aliphatic carbocycles. The van der Waals surface area contributed by atoms with Gasteiger partial charge in [-0.3, -0.25) is 9.59 Å². The number of likely N-dealkylation sites (N-methyl/N-ethyl adjacent to an activating group) is 1. The van der Waals surface area contributed by atoms with Crippen LogP contribution in [-0.4, -0.2) is 24.9 Å². The molecule has 0 aromatic heterocycles. The van der Waals surface area contributed by atoms with Crippen molar-refractivity contribution in [3.05, 3.63) is 34.3 Å². The molecule has 16 heavy (non-hydrogen) atoms. The third-order valence-electron chi connectivity index (χ3n) is 2.09. The van der Waals surface area contributed by atoms with Crippen molar-refractivity contribution in [3.8, 4) is 0 Å². The summed E-state index contributed by atoms with van der Waals surface area (Å²) >= 11 is 3.28. The van der Waals surface area contributed by atoms with E-state index in [-0.39, 0.29) is 11.8 Å². The lowest BCUT2D eigenvalue weighted by atomic mass is 10.2. The van der Waals surface area contributed by atoms with Crippen molar-refractivity contribution in [1.29, 1.82) is 0 Å². The van der Waals surface area contributed by atoms with Crippen LogP contribution in [0.1, 0.15) is 17.3 Å². The topological polar surface area (TPSA) is 58.2 Å². The summed E-state index contributed by atoms with van der Waals surface area (Å²) in [6.07, 6.45) is 0. The Morgan fingerprint density at radius 1 is 1.25 bits per heavy atom. The Bertz CT molecular complexity index is 389. The van der Waals surface area contributed by atoms with E-state index in [1.54, 1.807) is 31.2 Å². The highest BCUT2D eigenvalue weighted by Gasteiger charge is 2.14. The van der Waals surface area contributed by atoms with Gasteiger partial charge in [0.15, 0.2) is 0 Å². The van der Waals surface area contributed by atoms with Gasteiger partial charge < -0.3 is 10.6 Å². The summed E-state index contributed by atoms with van der Waals surface area (Å²) in [4.78, 5) is 22.9. The summed E-state index contributed by atoms with van der Waals surface area (Å²) in [7, 11) is 1.53. The molecule has 1 aromatic rings. The normalized spacial score (nSPS) is 11.7. The van der Waals surface area contributed by atoms with Gasteiger partial charge in [-0.05, 0) is 31.2 Å². The van der Waals surface area contributed by atoms with Crippen LogP contribution in [0.3, 0.4) is 0 Å². The second-order valence-corrected chi connectivity index (χ2v) is 4.23. The van der Waals surface area contributed by atoms with Gasteiger partial charge in [-0.15, -0.1) is 0 Å². The number of hydrogen-bond donors (Lipinski definition) is 2. The van der Waals surface area contributed by atoms with Crippen molar-refractivity contribution in [2.45, 2.75) is 13.0 Å². The molecule has 0 unspecified atom stereocenters. The highest BCUT2D eigenvalue weighted by molar-refractivity contribution is 9.10. The van der Waals surface area contributed by atoms with Crippen molar-refractivity contribution in [2.75, 3.05) is 7.05 Å². The third kappa shape index (κ3) is 3.34. The molecule has 1 atom stereocenters. The van der Waals surface area contributed by atoms with E-state index in [9.17, 15) is 9.59 Å². The predicted octanol–water partition coefficient (Wildman–Crippen LogP) is 1.31. The van der Waals surface area contributed by atoms with Gasteiger partial charge in [-0.25, -0.2) is 0 Å². The largest absolute Gasteiger partial charge is 0.357 e. The highest BCUT2D eigenvalue weighted by atomic mass is 79.9. The molecule has 0 spiro atoms. The molecule has 0 heterocycles. The van der Waals surface area contributed by atoms with Crippen LogP contribution in [0.25, 0.3) is 0 Å². The molecule has 2 N–H and O–H groups in total. The first kappa shape index (κ1) is 12.7. The zero-order chi connectivity index (χ0) is 12.1. The van der Waals surface area contributed by atoms with Gasteiger partial charge in [0.2, 0.25) is 5.91 Å². The maximum Gasteiger partial charge on any atom is 0.251 e. The minimum absolute atomic E-state index is 0.217. The molecule has 0 saturated carbocycles. The molecule has 5 heteroatoms. The number of halogens is 1. The van der Waals surface area contributed by atoms with Crippen molar-refractivity contribution in [1.82, 2.24) is 10.6 Å². The Balaban J connectivity index is 2.65. The number of carbonyl (C=O) groups excluding carboxylic acids is 2. The van der Waals surface area contributed by atoms with Crippen LogP contribution in [-0.2, 0) is 4.79 Å². The van der Waals surface area contributed by atoms with Gasteiger partial charge in [0.1, 0.15) is 6.04 Å². The van der Waals surface area contributed by atoms with E-state index in [2.05, 4.69) is 26.6 Å². The maximum absolute atomic E-state index is 11.7. The van der Waals surface area contributed by atoms with Gasteiger partial charge in [-0.1, -0.05) is 15.9 Å². The lowest BCUT2D eigenvalue weighted by Gasteiger charge is -2.12. The van der Waals surface area contributed by atoms with Crippen LogP contribution in [0.15, 0.2) is 28.7 Å². The van der Waals surface area contributed by atoms with E-state index in [0.717, 1.165) is 4.47 Å². The minimum atomic E-state index is -0.541. The highest BCUT2D eigenvalue weighted by Crippen LogP contribution is 2.10. The van der Waals surface area contributed by atoms with Gasteiger partial charge >= 0.3 is 0 Å². The number of carbonyl (C=O) groups is 2. The molecule has 0 fully saturated rings. The van der Waals surface area contributed by atoms with Crippen LogP contribution in [0.4, 0.5) is 0 Å². The average Bonchev–Trinajstić information content (AvgIpc) is 2.28. The number of amides is 2. The van der Waals surface area contributed by atoms with Crippen LogP contribution < -0.4 is 10.6 Å². The van der Waals surface area contributed by atoms with Crippen molar-refractivity contribution in [2.24, 2.45) is 0 Å². The molecule has 0 radical (unpaired) electrons. The Hall–Kier alpha value is -1.36. The van der Waals surface area contributed by atoms with E-state index in [4.69, 9.17) is 0 Å². The van der Waals surface area contributed by atoms with E-state index in [1.165, 1.54) is 7.05 Å². The van der Waals surface area contributed by atoms with Crippen LogP contribution in [0.2, 0.25) is 0 Å². The molecular formula is C11H13BrN2O2. The smallest absolute Gasteiger partial charge is 0.251 e. The molecule has 4 nitrogen and oxygen atoms in total. The third-order valence-corrected chi connectivity index (χ3v) is 2.62. The fraction of sp³-hybridized carbons (Fsp3) is 0.273. The summed E-state index contributed by atoms with van der Waals surface area (Å²) in [6, 6.07) is 6.39. The standard InChI is InChI=1S/C11H13BrN2O2/c1-7(10(15)13-2)14-11(16)8-3-5-9(12)6-4-8/h3-7H,1-2H3,(H,13,15)(H,14,16)/t7-/m0/s1. The van der Waals surface area contributed by atoms with Crippen molar-refractivity contribution >= 4 is 27.7 Å². The van der Waals surface area contributed by atoms with E-state index in [0.29, 0.717) is 5.56 Å². The molecule has 0 aliphatic rings. The summed E-state index contributed by atoms with van der Waals surface area (Å²) in [5, 5.41) is 5.07. The quantitative estimate of drug-likeness (QED) is 0.879. The van der Waals surface area contributed by atoms with Gasteiger partial charge in [0, 0.05) is 17.1 Å². The summed E-state index contributed by atoms with van der Waals surface area (Å²) in [6.45, 7) is 1.63. The van der Waals surface area contributed by atoms with Gasteiger partial charge in [0.25, 0.3) is 5.91 Å². The number of rotatable bonds is 3. The summed E-state index contributed by atoms with van der Waals surface area (Å²) in [5.74, 6) is -0.478. The van der Waals surface area contributed by atoms with E-state index >= 15 is 0 Å². The first-order valence-corrected chi connectivity index (χ1v) is 5.62. The van der Waals surface area contributed by atoms with Crippen molar-refractivity contribution < 1.29 is 9.59 Å². The second-order valence-electron chi connectivity index (χ2n) is 3.32. The zero-order valence-corrected chi connectivity index (χ0v) is 10.7. The first-order chi connectivity index (χ1) is 7.54. The Morgan fingerprint density at radius 3 is 2.31 bits per heavy atom. The molecular weight excluding hydrogens is 272 g/mol.